The zero-order chi connectivity index (χ0) is 25.1. The van der Waals surface area contributed by atoms with Crippen LogP contribution in [0.4, 0.5) is 0 Å². The van der Waals surface area contributed by atoms with Gasteiger partial charge in [-0.25, -0.2) is 9.36 Å². The van der Waals surface area contributed by atoms with Crippen LogP contribution in [0, 0.1) is 0 Å². The largest absolute Gasteiger partial charge is 0.480 e. The Morgan fingerprint density at radius 1 is 0.971 bits per heavy atom. The van der Waals surface area contributed by atoms with Crippen molar-refractivity contribution in [2.45, 2.75) is 25.4 Å². The van der Waals surface area contributed by atoms with Gasteiger partial charge in [-0.15, -0.1) is 0 Å². The van der Waals surface area contributed by atoms with Gasteiger partial charge in [0.05, 0.1) is 10.9 Å². The summed E-state index contributed by atoms with van der Waals surface area (Å²) in [5.41, 5.74) is 0.446. The normalized spacial score (nSPS) is 12.8. The van der Waals surface area contributed by atoms with Gasteiger partial charge in [0, 0.05) is 23.5 Å². The third-order valence-corrected chi connectivity index (χ3v) is 5.71. The topological polar surface area (TPSA) is 166 Å². The first-order valence-corrected chi connectivity index (χ1v) is 10.8. The molecule has 2 amide bonds. The Labute approximate surface area is 197 Å². The molecule has 35 heavy (non-hydrogen) atoms. The summed E-state index contributed by atoms with van der Waals surface area (Å²) in [6.45, 7) is 0.771. The van der Waals surface area contributed by atoms with Gasteiger partial charge < -0.3 is 25.7 Å². The van der Waals surface area contributed by atoms with Gasteiger partial charge in [-0.2, -0.15) is 0 Å². The van der Waals surface area contributed by atoms with E-state index >= 15 is 0 Å². The Morgan fingerprint density at radius 3 is 2.34 bits per heavy atom. The van der Waals surface area contributed by atoms with Crippen LogP contribution in [-0.4, -0.2) is 50.0 Å². The fourth-order valence-corrected chi connectivity index (χ4v) is 3.96. The third-order valence-electron chi connectivity index (χ3n) is 5.71. The monoisotopic (exact) mass is 477 g/mol. The van der Waals surface area contributed by atoms with E-state index in [9.17, 15) is 24.0 Å². The van der Waals surface area contributed by atoms with Gasteiger partial charge in [-0.05, 0) is 30.7 Å². The van der Waals surface area contributed by atoms with Crippen molar-refractivity contribution in [3.8, 4) is 0 Å². The summed E-state index contributed by atoms with van der Waals surface area (Å²) in [7, 11) is 0. The smallest absolute Gasteiger partial charge is 0.329 e. The van der Waals surface area contributed by atoms with Crippen LogP contribution in [0.25, 0.3) is 21.8 Å². The van der Waals surface area contributed by atoms with Crippen LogP contribution in [0.1, 0.15) is 18.5 Å². The predicted octanol–water partition coefficient (Wildman–Crippen LogP) is 0.660. The summed E-state index contributed by atoms with van der Waals surface area (Å²) in [5, 5.41) is 14.5. The fraction of sp³-hybridized carbons (Fsp3) is 0.208. The lowest BCUT2D eigenvalue weighted by atomic mass is 10.0. The van der Waals surface area contributed by atoms with Crippen LogP contribution in [0.15, 0.2) is 64.3 Å². The number of para-hydroxylation sites is 2. The molecule has 4 aromatic rings. The van der Waals surface area contributed by atoms with Crippen molar-refractivity contribution in [1.82, 2.24) is 25.2 Å². The number of hydrogen-bond acceptors (Lipinski definition) is 5. The van der Waals surface area contributed by atoms with Crippen molar-refractivity contribution in [2.24, 2.45) is 0 Å². The molecule has 0 aliphatic carbocycles. The van der Waals surface area contributed by atoms with Crippen molar-refractivity contribution >= 4 is 39.6 Å². The van der Waals surface area contributed by atoms with Gasteiger partial charge in [-0.1, -0.05) is 30.3 Å². The second-order valence-electron chi connectivity index (χ2n) is 8.07. The molecule has 11 nitrogen and oxygen atoms in total. The number of carboxylic acid groups (broad SMARTS) is 1. The van der Waals surface area contributed by atoms with Gasteiger partial charge in [0.2, 0.25) is 11.8 Å². The number of carboxylic acids is 1. The highest BCUT2D eigenvalue weighted by Gasteiger charge is 2.29. The van der Waals surface area contributed by atoms with Gasteiger partial charge in [-0.3, -0.25) is 19.2 Å². The number of fused-ring (bicyclic) bond motifs is 2. The van der Waals surface area contributed by atoms with Crippen LogP contribution >= 0.6 is 0 Å². The number of aromatic amines is 2. The molecule has 0 saturated heterocycles. The molecule has 2 aromatic carbocycles. The molecular weight excluding hydrogens is 454 g/mol. The standard InChI is InChI=1S/C24H23N5O6/c1-13(21(32)26-12-20(30)31)27-22(33)19(10-14-11-25-17-8-4-2-6-15(14)17)29-23(34)16-7-3-5-9-18(16)28-24(29)35/h2-9,11,13,19,25H,10,12H2,1H3,(H,26,32)(H,27,33)(H,28,35)(H,30,31)/t13-,19-/m0/s1. The zero-order valence-electron chi connectivity index (χ0n) is 18.7. The van der Waals surface area contributed by atoms with Crippen LogP contribution in [0.5, 0.6) is 0 Å². The molecule has 2 atom stereocenters. The maximum Gasteiger partial charge on any atom is 0.329 e. The average Bonchev–Trinajstić information content (AvgIpc) is 3.24. The van der Waals surface area contributed by atoms with Crippen molar-refractivity contribution in [3.63, 3.8) is 0 Å². The molecule has 2 aromatic heterocycles. The summed E-state index contributed by atoms with van der Waals surface area (Å²) in [6.07, 6.45) is 1.69. The van der Waals surface area contributed by atoms with E-state index in [4.69, 9.17) is 5.11 Å². The number of nitrogens with zero attached hydrogens (tertiary/aromatic N) is 1. The van der Waals surface area contributed by atoms with Crippen molar-refractivity contribution in [1.29, 1.82) is 0 Å². The Kier molecular flexibility index (Phi) is 6.49. The molecular formula is C24H23N5O6. The van der Waals surface area contributed by atoms with Gasteiger partial charge in [0.1, 0.15) is 18.6 Å². The van der Waals surface area contributed by atoms with Crippen LogP contribution in [0.2, 0.25) is 0 Å². The summed E-state index contributed by atoms with van der Waals surface area (Å²) in [5.74, 6) is -2.69. The first kappa shape index (κ1) is 23.5. The molecule has 0 saturated carbocycles. The number of H-pyrrole nitrogens is 2. The Bertz CT molecular complexity index is 1550. The molecule has 0 unspecified atom stereocenters. The first-order chi connectivity index (χ1) is 16.8. The van der Waals surface area contributed by atoms with E-state index in [1.54, 1.807) is 30.5 Å². The van der Waals surface area contributed by atoms with Crippen molar-refractivity contribution in [2.75, 3.05) is 6.54 Å². The lowest BCUT2D eigenvalue weighted by Crippen LogP contribution is -2.51. The second-order valence-corrected chi connectivity index (χ2v) is 8.07. The molecule has 11 heteroatoms. The van der Waals surface area contributed by atoms with E-state index in [1.807, 2.05) is 24.3 Å². The third kappa shape index (κ3) is 4.83. The van der Waals surface area contributed by atoms with E-state index in [1.165, 1.54) is 6.92 Å². The van der Waals surface area contributed by atoms with Gasteiger partial charge >= 0.3 is 11.7 Å². The number of carbonyl (C=O) groups excluding carboxylic acids is 2. The minimum absolute atomic E-state index is 0.0133. The summed E-state index contributed by atoms with van der Waals surface area (Å²) in [6, 6.07) is 11.5. The predicted molar refractivity (Wildman–Crippen MR) is 128 cm³/mol. The highest BCUT2D eigenvalue weighted by Crippen LogP contribution is 2.22. The SMILES string of the molecule is C[C@H](NC(=O)[C@H](Cc1c[nH]c2ccccc12)n1c(=O)[nH]c2ccccc2c1=O)C(=O)NCC(=O)O. The molecule has 2 heterocycles. The molecule has 4 rings (SSSR count). The minimum Gasteiger partial charge on any atom is -0.480 e. The maximum atomic E-state index is 13.4. The number of hydrogen-bond donors (Lipinski definition) is 5. The number of nitrogens with one attached hydrogen (secondary N) is 4. The molecule has 0 bridgehead atoms. The van der Waals surface area contributed by atoms with Crippen LogP contribution < -0.4 is 21.9 Å². The number of benzene rings is 2. The zero-order valence-corrected chi connectivity index (χ0v) is 18.7. The first-order valence-electron chi connectivity index (χ1n) is 10.8. The number of carbonyl (C=O) groups is 3. The van der Waals surface area contributed by atoms with Gasteiger partial charge in [0.25, 0.3) is 5.56 Å². The van der Waals surface area contributed by atoms with E-state index in [0.29, 0.717) is 11.1 Å². The van der Waals surface area contributed by atoms with E-state index in [-0.39, 0.29) is 11.8 Å². The lowest BCUT2D eigenvalue weighted by Gasteiger charge is -2.21. The molecule has 0 fully saturated rings. The van der Waals surface area contributed by atoms with E-state index < -0.39 is 47.7 Å². The Hall–Kier alpha value is -4.67. The van der Waals surface area contributed by atoms with E-state index in [2.05, 4.69) is 20.6 Å². The fourth-order valence-electron chi connectivity index (χ4n) is 3.96. The van der Waals surface area contributed by atoms with Gasteiger partial charge in [0.15, 0.2) is 0 Å². The molecule has 5 N–H and O–H groups in total. The Morgan fingerprint density at radius 2 is 1.63 bits per heavy atom. The second kappa shape index (κ2) is 9.67. The van der Waals surface area contributed by atoms with Crippen molar-refractivity contribution < 1.29 is 19.5 Å². The molecule has 0 spiro atoms. The summed E-state index contributed by atoms with van der Waals surface area (Å²) in [4.78, 5) is 68.3. The minimum atomic E-state index is -1.29. The van der Waals surface area contributed by atoms with Crippen LogP contribution in [0.3, 0.4) is 0 Å². The molecule has 0 aliphatic heterocycles. The molecule has 0 radical (unpaired) electrons. The summed E-state index contributed by atoms with van der Waals surface area (Å²) < 4.78 is 0.849. The summed E-state index contributed by atoms with van der Waals surface area (Å²) >= 11 is 0. The molecule has 0 aliphatic rings. The lowest BCUT2D eigenvalue weighted by molar-refractivity contribution is -0.138. The number of aromatic nitrogens is 3. The van der Waals surface area contributed by atoms with Crippen molar-refractivity contribution in [3.05, 3.63) is 81.1 Å². The average molecular weight is 477 g/mol. The van der Waals surface area contributed by atoms with Crippen LogP contribution in [-0.2, 0) is 20.8 Å². The highest BCUT2D eigenvalue weighted by molar-refractivity contribution is 5.91. The number of amides is 2. The number of aliphatic carboxylic acids is 1. The van der Waals surface area contributed by atoms with E-state index in [0.717, 1.165) is 15.5 Å². The highest BCUT2D eigenvalue weighted by atomic mass is 16.4. The quantitative estimate of drug-likeness (QED) is 0.250. The Balaban J connectivity index is 1.74. The number of rotatable bonds is 8. The maximum absolute atomic E-state index is 13.4. The molecule has 180 valence electrons.